The highest BCUT2D eigenvalue weighted by atomic mass is 35.5. The SMILES string of the molecule is COc1ccc(S(=O)(=O)NCCC(=O)Nc2ccc(C)cc2)cc1N(C)S(=O)(=O)c1ccc(Cl)cc1. The Morgan fingerprint density at radius 2 is 1.56 bits per heavy atom. The number of hydrogen-bond acceptors (Lipinski definition) is 6. The van der Waals surface area contributed by atoms with E-state index in [1.165, 1.54) is 56.6 Å². The van der Waals surface area contributed by atoms with Gasteiger partial charge in [-0.3, -0.25) is 9.10 Å². The van der Waals surface area contributed by atoms with Crippen molar-refractivity contribution in [2.24, 2.45) is 0 Å². The lowest BCUT2D eigenvalue weighted by atomic mass is 10.2. The van der Waals surface area contributed by atoms with Crippen LogP contribution in [0.2, 0.25) is 5.02 Å². The van der Waals surface area contributed by atoms with E-state index in [2.05, 4.69) is 10.0 Å². The van der Waals surface area contributed by atoms with Gasteiger partial charge in [-0.15, -0.1) is 0 Å². The Kier molecular flexibility index (Phi) is 8.62. The monoisotopic (exact) mass is 551 g/mol. The molecule has 0 aliphatic heterocycles. The second kappa shape index (κ2) is 11.3. The minimum atomic E-state index is -4.06. The molecule has 0 atom stereocenters. The van der Waals surface area contributed by atoms with Crippen molar-refractivity contribution in [3.8, 4) is 5.75 Å². The van der Waals surface area contributed by atoms with Crippen molar-refractivity contribution in [1.29, 1.82) is 0 Å². The molecule has 0 bridgehead atoms. The number of anilines is 2. The van der Waals surface area contributed by atoms with Gasteiger partial charge in [0.05, 0.1) is 22.6 Å². The Morgan fingerprint density at radius 1 is 0.944 bits per heavy atom. The average molecular weight is 552 g/mol. The number of nitrogens with one attached hydrogen (secondary N) is 2. The molecule has 0 radical (unpaired) electrons. The first kappa shape index (κ1) is 27.5. The van der Waals surface area contributed by atoms with Gasteiger partial charge >= 0.3 is 0 Å². The van der Waals surface area contributed by atoms with Gasteiger partial charge in [0.1, 0.15) is 5.75 Å². The summed E-state index contributed by atoms with van der Waals surface area (Å²) in [7, 11) is -5.45. The summed E-state index contributed by atoms with van der Waals surface area (Å²) >= 11 is 5.86. The van der Waals surface area contributed by atoms with Crippen LogP contribution in [0.25, 0.3) is 0 Å². The lowest BCUT2D eigenvalue weighted by Gasteiger charge is -2.22. The zero-order chi connectivity index (χ0) is 26.5. The maximum atomic E-state index is 13.1. The first-order chi connectivity index (χ1) is 16.9. The van der Waals surface area contributed by atoms with Crippen LogP contribution in [0.4, 0.5) is 11.4 Å². The molecule has 192 valence electrons. The van der Waals surface area contributed by atoms with Crippen molar-refractivity contribution in [2.75, 3.05) is 30.3 Å². The van der Waals surface area contributed by atoms with Crippen molar-refractivity contribution in [2.45, 2.75) is 23.1 Å². The molecule has 0 aromatic heterocycles. The molecule has 9 nitrogen and oxygen atoms in total. The zero-order valence-electron chi connectivity index (χ0n) is 19.9. The fourth-order valence-corrected chi connectivity index (χ4v) is 5.60. The topological polar surface area (TPSA) is 122 Å². The van der Waals surface area contributed by atoms with Crippen LogP contribution in [-0.2, 0) is 24.8 Å². The van der Waals surface area contributed by atoms with Crippen molar-refractivity contribution in [3.63, 3.8) is 0 Å². The van der Waals surface area contributed by atoms with Crippen molar-refractivity contribution >= 4 is 48.9 Å². The van der Waals surface area contributed by atoms with Gasteiger partial charge in [-0.1, -0.05) is 29.3 Å². The smallest absolute Gasteiger partial charge is 0.264 e. The van der Waals surface area contributed by atoms with Crippen LogP contribution in [0.1, 0.15) is 12.0 Å². The summed E-state index contributed by atoms with van der Waals surface area (Å²) in [5.41, 5.74) is 1.68. The van der Waals surface area contributed by atoms with E-state index in [1.54, 1.807) is 12.1 Å². The van der Waals surface area contributed by atoms with Crippen LogP contribution < -0.4 is 19.1 Å². The number of methoxy groups -OCH3 is 1. The number of carbonyl (C=O) groups is 1. The molecule has 3 rings (SSSR count). The van der Waals surface area contributed by atoms with Gasteiger partial charge in [-0.05, 0) is 61.5 Å². The van der Waals surface area contributed by atoms with E-state index >= 15 is 0 Å². The molecule has 0 unspecified atom stereocenters. The van der Waals surface area contributed by atoms with Crippen LogP contribution in [0.3, 0.4) is 0 Å². The molecule has 3 aromatic rings. The second-order valence-electron chi connectivity index (χ2n) is 7.82. The van der Waals surface area contributed by atoms with Crippen LogP contribution in [0.5, 0.6) is 5.75 Å². The molecule has 0 aliphatic rings. The number of carbonyl (C=O) groups excluding carboxylic acids is 1. The highest BCUT2D eigenvalue weighted by Crippen LogP contribution is 2.33. The number of amides is 1. The van der Waals surface area contributed by atoms with Gasteiger partial charge in [0.2, 0.25) is 15.9 Å². The summed E-state index contributed by atoms with van der Waals surface area (Å²) in [6, 6.07) is 16.7. The van der Waals surface area contributed by atoms with Crippen molar-refractivity contribution < 1.29 is 26.4 Å². The third kappa shape index (κ3) is 6.55. The Bertz CT molecular complexity index is 1440. The summed E-state index contributed by atoms with van der Waals surface area (Å²) in [4.78, 5) is 12.0. The van der Waals surface area contributed by atoms with Crippen molar-refractivity contribution in [3.05, 3.63) is 77.3 Å². The van der Waals surface area contributed by atoms with Crippen LogP contribution in [-0.4, -0.2) is 43.4 Å². The number of rotatable bonds is 10. The van der Waals surface area contributed by atoms with Gasteiger partial charge in [0.25, 0.3) is 10.0 Å². The van der Waals surface area contributed by atoms with E-state index in [4.69, 9.17) is 16.3 Å². The fourth-order valence-electron chi connectivity index (χ4n) is 3.22. The molecular weight excluding hydrogens is 526 g/mol. The predicted octanol–water partition coefficient (Wildman–Crippen LogP) is 3.79. The number of nitrogens with zero attached hydrogens (tertiary/aromatic N) is 1. The minimum absolute atomic E-state index is 0.0208. The molecule has 12 heteroatoms. The maximum absolute atomic E-state index is 13.1. The highest BCUT2D eigenvalue weighted by Gasteiger charge is 2.26. The average Bonchev–Trinajstić information content (AvgIpc) is 2.84. The molecular formula is C24H26ClN3O6S2. The molecule has 1 amide bonds. The highest BCUT2D eigenvalue weighted by molar-refractivity contribution is 7.92. The van der Waals surface area contributed by atoms with E-state index in [0.717, 1.165) is 9.87 Å². The van der Waals surface area contributed by atoms with Crippen molar-refractivity contribution in [1.82, 2.24) is 4.72 Å². The Balaban J connectivity index is 1.75. The number of ether oxygens (including phenoxy) is 1. The van der Waals surface area contributed by atoms with Gasteiger partial charge < -0.3 is 10.1 Å². The molecule has 0 heterocycles. The standard InChI is InChI=1S/C24H26ClN3O6S2/c1-17-4-8-19(9-5-17)27-24(29)14-15-26-35(30,31)21-12-13-23(34-3)22(16-21)28(2)36(32,33)20-10-6-18(25)7-11-20/h4-13,16,26H,14-15H2,1-3H3,(H,27,29). The second-order valence-corrected chi connectivity index (χ2v) is 12.0. The summed E-state index contributed by atoms with van der Waals surface area (Å²) in [5.74, 6) is -0.197. The largest absolute Gasteiger partial charge is 0.495 e. The van der Waals surface area contributed by atoms with Crippen LogP contribution >= 0.6 is 11.6 Å². The Morgan fingerprint density at radius 3 is 2.17 bits per heavy atom. The summed E-state index contributed by atoms with van der Waals surface area (Å²) in [6.45, 7) is 1.77. The predicted molar refractivity (Wildman–Crippen MR) is 140 cm³/mol. The maximum Gasteiger partial charge on any atom is 0.264 e. The summed E-state index contributed by atoms with van der Waals surface area (Å²) < 4.78 is 60.5. The lowest BCUT2D eigenvalue weighted by Crippen LogP contribution is -2.29. The molecule has 0 saturated heterocycles. The van der Waals surface area contributed by atoms with E-state index < -0.39 is 20.0 Å². The molecule has 0 aliphatic carbocycles. The fraction of sp³-hybridized carbons (Fsp3) is 0.208. The molecule has 0 fully saturated rings. The first-order valence-corrected chi connectivity index (χ1v) is 14.0. The van der Waals surface area contributed by atoms with E-state index in [-0.39, 0.29) is 40.1 Å². The van der Waals surface area contributed by atoms with Crippen LogP contribution in [0.15, 0.2) is 76.5 Å². The summed E-state index contributed by atoms with van der Waals surface area (Å²) in [5, 5.41) is 3.07. The van der Waals surface area contributed by atoms with Gasteiger partial charge in [-0.25, -0.2) is 21.6 Å². The van der Waals surface area contributed by atoms with Crippen LogP contribution in [0, 0.1) is 6.92 Å². The third-order valence-electron chi connectivity index (χ3n) is 5.25. The van der Waals surface area contributed by atoms with E-state index in [1.807, 2.05) is 19.1 Å². The Hall–Kier alpha value is -3.12. The molecule has 0 spiro atoms. The third-order valence-corrected chi connectivity index (χ3v) is 8.75. The molecule has 0 saturated carbocycles. The Labute approximate surface area is 216 Å². The number of hydrogen-bond donors (Lipinski definition) is 2. The molecule has 2 N–H and O–H groups in total. The molecule has 3 aromatic carbocycles. The molecule has 36 heavy (non-hydrogen) atoms. The zero-order valence-corrected chi connectivity index (χ0v) is 22.2. The normalized spacial score (nSPS) is 11.7. The lowest BCUT2D eigenvalue weighted by molar-refractivity contribution is -0.116. The van der Waals surface area contributed by atoms with E-state index in [0.29, 0.717) is 10.7 Å². The number of halogens is 1. The van der Waals surface area contributed by atoms with Gasteiger partial charge in [-0.2, -0.15) is 0 Å². The number of aryl methyl sites for hydroxylation is 1. The van der Waals surface area contributed by atoms with E-state index in [9.17, 15) is 21.6 Å². The first-order valence-electron chi connectivity index (χ1n) is 10.7. The van der Waals surface area contributed by atoms with Gasteiger partial charge in [0, 0.05) is 30.7 Å². The summed E-state index contributed by atoms with van der Waals surface area (Å²) in [6.07, 6.45) is -0.0963. The van der Waals surface area contributed by atoms with Gasteiger partial charge in [0.15, 0.2) is 0 Å². The number of benzene rings is 3. The number of sulfonamides is 2. The minimum Gasteiger partial charge on any atom is -0.495 e. The quantitative estimate of drug-likeness (QED) is 0.395.